The first kappa shape index (κ1) is 35.1. The highest BCUT2D eigenvalue weighted by atomic mass is 15.4. The van der Waals surface area contributed by atoms with Gasteiger partial charge in [-0.2, -0.15) is 0 Å². The predicted octanol–water partition coefficient (Wildman–Crippen LogP) is 14.0. The Morgan fingerprint density at radius 1 is 0.397 bits per heavy atom. The molecule has 2 heterocycles. The summed E-state index contributed by atoms with van der Waals surface area (Å²) in [4.78, 5) is 5.01. The van der Waals surface area contributed by atoms with Gasteiger partial charge in [0, 0.05) is 27.6 Å². The van der Waals surface area contributed by atoms with Crippen molar-refractivity contribution in [3.05, 3.63) is 206 Å². The van der Waals surface area contributed by atoms with Gasteiger partial charge in [-0.05, 0) is 86.8 Å². The molecule has 2 aromatic heterocycles. The standard InChI is InChI=1S/C54H42N4/c1-54(2,3)41-29-33-42(34-30-41)57-50-25-15-14-24-48(50)49-36-40(28-35-51(49)57)45-21-11-13-23-47(45)46-22-12-10-20-44(46)37-26-31-43(32-27-37)58-53(39-18-8-5-9-19-39)55-52(56-58)38-16-6-4-7-17-38/h4-36H,1-3H3. The van der Waals surface area contributed by atoms with Crippen molar-refractivity contribution in [3.63, 3.8) is 0 Å². The van der Waals surface area contributed by atoms with Gasteiger partial charge in [0.2, 0.25) is 0 Å². The number of rotatable bonds is 7. The highest BCUT2D eigenvalue weighted by Gasteiger charge is 2.19. The van der Waals surface area contributed by atoms with Crippen molar-refractivity contribution >= 4 is 21.8 Å². The van der Waals surface area contributed by atoms with Gasteiger partial charge in [0.25, 0.3) is 0 Å². The number of hydrogen-bond acceptors (Lipinski definition) is 2. The minimum absolute atomic E-state index is 0.0987. The zero-order valence-electron chi connectivity index (χ0n) is 32.8. The summed E-state index contributed by atoms with van der Waals surface area (Å²) in [6.07, 6.45) is 0. The van der Waals surface area contributed by atoms with E-state index in [1.165, 1.54) is 60.9 Å². The van der Waals surface area contributed by atoms with Crippen LogP contribution in [0.4, 0.5) is 0 Å². The zero-order chi connectivity index (χ0) is 39.2. The minimum Gasteiger partial charge on any atom is -0.309 e. The molecule has 8 aromatic carbocycles. The van der Waals surface area contributed by atoms with Crippen LogP contribution < -0.4 is 0 Å². The molecule has 0 bridgehead atoms. The highest BCUT2D eigenvalue weighted by Crippen LogP contribution is 2.41. The van der Waals surface area contributed by atoms with Crippen molar-refractivity contribution < 1.29 is 0 Å². The van der Waals surface area contributed by atoms with Gasteiger partial charge < -0.3 is 4.57 Å². The van der Waals surface area contributed by atoms with Crippen molar-refractivity contribution in [2.45, 2.75) is 26.2 Å². The molecule has 10 aromatic rings. The number of fused-ring (bicyclic) bond motifs is 3. The number of aromatic nitrogens is 4. The van der Waals surface area contributed by atoms with Crippen molar-refractivity contribution in [2.75, 3.05) is 0 Å². The molecule has 278 valence electrons. The molecule has 0 fully saturated rings. The van der Waals surface area contributed by atoms with Gasteiger partial charge in [0.1, 0.15) is 0 Å². The summed E-state index contributed by atoms with van der Waals surface area (Å²) in [5, 5.41) is 7.50. The molecule has 58 heavy (non-hydrogen) atoms. The molecule has 10 rings (SSSR count). The van der Waals surface area contributed by atoms with E-state index in [1.54, 1.807) is 0 Å². The van der Waals surface area contributed by atoms with E-state index in [9.17, 15) is 0 Å². The fourth-order valence-electron chi connectivity index (χ4n) is 8.23. The molecule has 0 atom stereocenters. The lowest BCUT2D eigenvalue weighted by molar-refractivity contribution is 0.590. The molecule has 0 N–H and O–H groups in total. The van der Waals surface area contributed by atoms with Crippen LogP contribution in [-0.2, 0) is 5.41 Å². The molecule has 0 unspecified atom stereocenters. The number of hydrogen-bond donors (Lipinski definition) is 0. The van der Waals surface area contributed by atoms with Crippen molar-refractivity contribution in [3.8, 4) is 67.5 Å². The molecule has 0 radical (unpaired) electrons. The molecule has 0 amide bonds. The quantitative estimate of drug-likeness (QED) is 0.163. The van der Waals surface area contributed by atoms with Crippen LogP contribution in [0.15, 0.2) is 200 Å². The first-order valence-electron chi connectivity index (χ1n) is 19.9. The normalized spacial score (nSPS) is 11.7. The summed E-state index contributed by atoms with van der Waals surface area (Å²) in [7, 11) is 0. The molecular formula is C54H42N4. The average molecular weight is 747 g/mol. The van der Waals surface area contributed by atoms with Crippen LogP contribution in [0.3, 0.4) is 0 Å². The van der Waals surface area contributed by atoms with Gasteiger partial charge in [-0.1, -0.05) is 178 Å². The maximum absolute atomic E-state index is 5.02. The molecule has 0 aliphatic rings. The third-order valence-corrected chi connectivity index (χ3v) is 11.2. The van der Waals surface area contributed by atoms with Crippen molar-refractivity contribution in [2.24, 2.45) is 0 Å². The Balaban J connectivity index is 1.04. The number of nitrogens with zero attached hydrogens (tertiary/aromatic N) is 4. The first-order valence-corrected chi connectivity index (χ1v) is 19.9. The number of benzene rings is 8. The lowest BCUT2D eigenvalue weighted by atomic mass is 9.87. The van der Waals surface area contributed by atoms with Crippen LogP contribution in [0.5, 0.6) is 0 Å². The summed E-state index contributed by atoms with van der Waals surface area (Å²) in [5.74, 6) is 1.50. The Hall–Kier alpha value is -7.30. The lowest BCUT2D eigenvalue weighted by Gasteiger charge is -2.19. The molecular weight excluding hydrogens is 705 g/mol. The Bertz CT molecular complexity index is 3060. The zero-order valence-corrected chi connectivity index (χ0v) is 32.8. The fraction of sp³-hybridized carbons (Fsp3) is 0.0741. The van der Waals surface area contributed by atoms with Crippen LogP contribution in [0.2, 0.25) is 0 Å². The summed E-state index contributed by atoms with van der Waals surface area (Å²) in [5.41, 5.74) is 15.0. The van der Waals surface area contributed by atoms with Crippen molar-refractivity contribution in [1.82, 2.24) is 19.3 Å². The topological polar surface area (TPSA) is 35.6 Å². The lowest BCUT2D eigenvalue weighted by Crippen LogP contribution is -2.10. The van der Waals surface area contributed by atoms with Crippen LogP contribution >= 0.6 is 0 Å². The van der Waals surface area contributed by atoms with Crippen molar-refractivity contribution in [1.29, 1.82) is 0 Å². The van der Waals surface area contributed by atoms with E-state index in [0.717, 1.165) is 28.2 Å². The fourth-order valence-corrected chi connectivity index (χ4v) is 8.23. The highest BCUT2D eigenvalue weighted by molar-refractivity contribution is 6.11. The average Bonchev–Trinajstić information content (AvgIpc) is 3.87. The monoisotopic (exact) mass is 746 g/mol. The van der Waals surface area contributed by atoms with E-state index in [-0.39, 0.29) is 5.41 Å². The maximum atomic E-state index is 5.02. The third kappa shape index (κ3) is 6.29. The SMILES string of the molecule is CC(C)(C)c1ccc(-n2c3ccccc3c3cc(-c4ccccc4-c4ccccc4-c4ccc(-n5nc(-c6ccccc6)nc5-c5ccccc5)cc4)ccc32)cc1. The van der Waals surface area contributed by atoms with E-state index in [2.05, 4.69) is 189 Å². The molecule has 4 heteroatoms. The van der Waals surface area contributed by atoms with Crippen LogP contribution in [0, 0.1) is 0 Å². The van der Waals surface area contributed by atoms with E-state index in [0.29, 0.717) is 5.82 Å². The maximum Gasteiger partial charge on any atom is 0.182 e. The summed E-state index contributed by atoms with van der Waals surface area (Å²) >= 11 is 0. The largest absolute Gasteiger partial charge is 0.309 e. The van der Waals surface area contributed by atoms with Crippen LogP contribution in [0.1, 0.15) is 26.3 Å². The van der Waals surface area contributed by atoms with Gasteiger partial charge in [-0.15, -0.1) is 5.10 Å². The Morgan fingerprint density at radius 2 is 0.914 bits per heavy atom. The second-order valence-corrected chi connectivity index (χ2v) is 15.9. The Kier molecular flexibility index (Phi) is 8.68. The summed E-state index contributed by atoms with van der Waals surface area (Å²) in [6.45, 7) is 6.79. The second kappa shape index (κ2) is 14.3. The van der Waals surface area contributed by atoms with Gasteiger partial charge in [-0.25, -0.2) is 9.67 Å². The van der Waals surface area contributed by atoms with Crippen LogP contribution in [0.25, 0.3) is 89.3 Å². The van der Waals surface area contributed by atoms with E-state index in [1.807, 2.05) is 41.1 Å². The molecule has 0 aliphatic carbocycles. The molecule has 0 saturated heterocycles. The van der Waals surface area contributed by atoms with Gasteiger partial charge in [0.15, 0.2) is 11.6 Å². The first-order chi connectivity index (χ1) is 28.4. The smallest absolute Gasteiger partial charge is 0.182 e. The van der Waals surface area contributed by atoms with E-state index in [4.69, 9.17) is 10.1 Å². The molecule has 0 spiro atoms. The van der Waals surface area contributed by atoms with Crippen LogP contribution in [-0.4, -0.2) is 19.3 Å². The predicted molar refractivity (Wildman–Crippen MR) is 242 cm³/mol. The van der Waals surface area contributed by atoms with Gasteiger partial charge in [-0.3, -0.25) is 0 Å². The van der Waals surface area contributed by atoms with E-state index >= 15 is 0 Å². The second-order valence-electron chi connectivity index (χ2n) is 15.9. The van der Waals surface area contributed by atoms with Gasteiger partial charge in [0.05, 0.1) is 16.7 Å². The van der Waals surface area contributed by atoms with E-state index < -0.39 is 0 Å². The minimum atomic E-state index is 0.0987. The number of para-hydroxylation sites is 1. The molecule has 4 nitrogen and oxygen atoms in total. The Labute approximate surface area is 339 Å². The Morgan fingerprint density at radius 3 is 1.57 bits per heavy atom. The molecule has 0 aliphatic heterocycles. The summed E-state index contributed by atoms with van der Waals surface area (Å²) < 4.78 is 4.35. The summed E-state index contributed by atoms with van der Waals surface area (Å²) in [6, 6.07) is 71.4. The van der Waals surface area contributed by atoms with Gasteiger partial charge >= 0.3 is 0 Å². The molecule has 0 saturated carbocycles. The third-order valence-electron chi connectivity index (χ3n) is 11.2.